The molecule has 0 aromatic heterocycles. The number of amides is 4. The Kier molecular flexibility index (Phi) is 4.87. The molecule has 2 aliphatic heterocycles. The van der Waals surface area contributed by atoms with Crippen molar-refractivity contribution >= 4 is 45.8 Å². The van der Waals surface area contributed by atoms with Crippen molar-refractivity contribution in [2.45, 2.75) is 19.3 Å². The molecule has 2 fully saturated rings. The topological polar surface area (TPSA) is 74.8 Å². The second kappa shape index (κ2) is 6.42. The predicted molar refractivity (Wildman–Crippen MR) is 73.0 cm³/mol. The number of thioether (sulfide) groups is 2. The van der Waals surface area contributed by atoms with Crippen LogP contribution in [-0.2, 0) is 9.59 Å². The molecule has 0 bridgehead atoms. The lowest BCUT2D eigenvalue weighted by Gasteiger charge is -2.14. The van der Waals surface area contributed by atoms with Crippen molar-refractivity contribution in [1.82, 2.24) is 9.80 Å². The summed E-state index contributed by atoms with van der Waals surface area (Å²) in [6.45, 7) is 0.864. The molecule has 0 aromatic rings. The average molecular weight is 302 g/mol. The third kappa shape index (κ3) is 3.50. The molecular formula is C11H14N2O4S2. The molecule has 2 saturated heterocycles. The van der Waals surface area contributed by atoms with Gasteiger partial charge in [-0.2, -0.15) is 0 Å². The van der Waals surface area contributed by atoms with E-state index in [1.165, 1.54) is 9.80 Å². The highest BCUT2D eigenvalue weighted by Gasteiger charge is 2.30. The van der Waals surface area contributed by atoms with E-state index in [9.17, 15) is 19.2 Å². The van der Waals surface area contributed by atoms with Gasteiger partial charge in [-0.15, -0.1) is 0 Å². The molecule has 8 heteroatoms. The zero-order valence-electron chi connectivity index (χ0n) is 10.3. The number of unbranched alkanes of at least 4 members (excludes halogenated alkanes) is 2. The lowest BCUT2D eigenvalue weighted by Crippen LogP contribution is -2.31. The fourth-order valence-corrected chi connectivity index (χ4v) is 3.41. The Morgan fingerprint density at radius 1 is 0.737 bits per heavy atom. The number of carbonyl (C=O) groups is 4. The molecule has 6 nitrogen and oxygen atoms in total. The van der Waals surface area contributed by atoms with Crippen LogP contribution in [0.2, 0.25) is 0 Å². The summed E-state index contributed by atoms with van der Waals surface area (Å²) >= 11 is 2.07. The van der Waals surface area contributed by atoms with Crippen LogP contribution >= 0.6 is 23.5 Å². The van der Waals surface area contributed by atoms with E-state index >= 15 is 0 Å². The molecule has 0 aliphatic carbocycles. The van der Waals surface area contributed by atoms with Crippen molar-refractivity contribution < 1.29 is 19.2 Å². The number of hydrogen-bond acceptors (Lipinski definition) is 6. The average Bonchev–Trinajstić information content (AvgIpc) is 2.86. The van der Waals surface area contributed by atoms with Crippen LogP contribution in [0.5, 0.6) is 0 Å². The van der Waals surface area contributed by atoms with Gasteiger partial charge in [-0.25, -0.2) is 0 Å². The maximum absolute atomic E-state index is 11.3. The summed E-state index contributed by atoms with van der Waals surface area (Å²) in [4.78, 5) is 47.8. The molecule has 0 saturated carbocycles. The molecule has 2 heterocycles. The first-order valence-electron chi connectivity index (χ1n) is 6.04. The van der Waals surface area contributed by atoms with Gasteiger partial charge in [0.15, 0.2) is 0 Å². The predicted octanol–water partition coefficient (Wildman–Crippen LogP) is 1.55. The van der Waals surface area contributed by atoms with Crippen molar-refractivity contribution in [3.8, 4) is 0 Å². The Labute approximate surface area is 119 Å². The lowest BCUT2D eigenvalue weighted by molar-refractivity contribution is -0.125. The quantitative estimate of drug-likeness (QED) is 0.693. The van der Waals surface area contributed by atoms with Gasteiger partial charge in [0.25, 0.3) is 10.5 Å². The molecular weight excluding hydrogens is 288 g/mol. The van der Waals surface area contributed by atoms with Crippen molar-refractivity contribution in [3.63, 3.8) is 0 Å². The zero-order chi connectivity index (χ0) is 13.8. The summed E-state index contributed by atoms with van der Waals surface area (Å²) in [5, 5.41) is -0.349. The number of imide groups is 2. The van der Waals surface area contributed by atoms with Crippen LogP contribution in [-0.4, -0.2) is 56.7 Å². The Bertz CT molecular complexity index is 357. The van der Waals surface area contributed by atoms with Crippen LogP contribution in [0, 0.1) is 0 Å². The van der Waals surface area contributed by atoms with Crippen molar-refractivity contribution in [1.29, 1.82) is 0 Å². The second-order valence-electron chi connectivity index (χ2n) is 4.26. The van der Waals surface area contributed by atoms with Gasteiger partial charge in [0.05, 0.1) is 11.5 Å². The first-order valence-corrected chi connectivity index (χ1v) is 8.01. The lowest BCUT2D eigenvalue weighted by atomic mass is 10.2. The van der Waals surface area contributed by atoms with Gasteiger partial charge in [-0.3, -0.25) is 29.0 Å². The summed E-state index contributed by atoms with van der Waals surface area (Å²) < 4.78 is 0. The molecule has 19 heavy (non-hydrogen) atoms. The molecule has 104 valence electrons. The minimum atomic E-state index is -0.175. The van der Waals surface area contributed by atoms with Crippen LogP contribution in [0.15, 0.2) is 0 Å². The summed E-state index contributed by atoms with van der Waals surface area (Å²) in [5.74, 6) is 0.229. The van der Waals surface area contributed by atoms with E-state index < -0.39 is 0 Å². The smallest absolute Gasteiger partial charge is 0.273 e. The van der Waals surface area contributed by atoms with E-state index in [-0.39, 0.29) is 33.8 Å². The first-order chi connectivity index (χ1) is 9.09. The van der Waals surface area contributed by atoms with Gasteiger partial charge in [-0.05, 0) is 19.3 Å². The van der Waals surface area contributed by atoms with Crippen LogP contribution in [0.3, 0.4) is 0 Å². The second-order valence-corrected chi connectivity index (χ2v) is 6.11. The highest BCUT2D eigenvalue weighted by molar-refractivity contribution is 8.15. The normalized spacial score (nSPS) is 20.0. The van der Waals surface area contributed by atoms with Crippen LogP contribution in [0.1, 0.15) is 19.3 Å². The number of carbonyl (C=O) groups excluding carboxylic acids is 4. The molecule has 2 rings (SSSR count). The monoisotopic (exact) mass is 302 g/mol. The molecule has 0 aromatic carbocycles. The van der Waals surface area contributed by atoms with Gasteiger partial charge >= 0.3 is 0 Å². The van der Waals surface area contributed by atoms with E-state index in [0.717, 1.165) is 29.9 Å². The van der Waals surface area contributed by atoms with E-state index in [0.29, 0.717) is 25.9 Å². The highest BCUT2D eigenvalue weighted by atomic mass is 32.2. The number of rotatable bonds is 6. The molecule has 0 N–H and O–H groups in total. The Morgan fingerprint density at radius 2 is 1.16 bits per heavy atom. The summed E-state index contributed by atoms with van der Waals surface area (Å²) in [7, 11) is 0. The molecule has 4 amide bonds. The summed E-state index contributed by atoms with van der Waals surface area (Å²) in [6, 6.07) is 0. The van der Waals surface area contributed by atoms with Gasteiger partial charge < -0.3 is 0 Å². The Hall–Kier alpha value is -1.02. The maximum Gasteiger partial charge on any atom is 0.288 e. The van der Waals surface area contributed by atoms with Crippen LogP contribution in [0.25, 0.3) is 0 Å². The maximum atomic E-state index is 11.3. The zero-order valence-corrected chi connectivity index (χ0v) is 11.9. The van der Waals surface area contributed by atoms with Crippen LogP contribution in [0.4, 0.5) is 9.59 Å². The fourth-order valence-electron chi connectivity index (χ4n) is 1.91. The molecule has 0 unspecified atom stereocenters. The number of nitrogens with zero attached hydrogens (tertiary/aromatic N) is 2. The highest BCUT2D eigenvalue weighted by Crippen LogP contribution is 2.21. The van der Waals surface area contributed by atoms with Gasteiger partial charge in [0.1, 0.15) is 0 Å². The Morgan fingerprint density at radius 3 is 1.47 bits per heavy atom. The molecule has 0 atom stereocenters. The molecule has 0 spiro atoms. The van der Waals surface area contributed by atoms with E-state index in [4.69, 9.17) is 0 Å². The standard InChI is InChI=1S/C11H14N2O4S2/c14-8-6-18-10(16)12(8)4-2-1-3-5-13-9(15)7-19-11(13)17/h1-7H2. The third-order valence-electron chi connectivity index (χ3n) is 2.94. The molecule has 0 radical (unpaired) electrons. The van der Waals surface area contributed by atoms with Crippen molar-refractivity contribution in [2.24, 2.45) is 0 Å². The number of hydrogen-bond donors (Lipinski definition) is 0. The first kappa shape index (κ1) is 14.4. The van der Waals surface area contributed by atoms with Gasteiger partial charge in [0.2, 0.25) is 11.8 Å². The minimum absolute atomic E-state index is 0.128. The SMILES string of the molecule is O=C1CSC(=O)N1CCCCCN1C(=O)CSC1=O. The van der Waals surface area contributed by atoms with Gasteiger partial charge in [0, 0.05) is 13.1 Å². The van der Waals surface area contributed by atoms with E-state index in [2.05, 4.69) is 0 Å². The largest absolute Gasteiger partial charge is 0.288 e. The summed E-state index contributed by atoms with van der Waals surface area (Å²) in [6.07, 6.45) is 2.20. The van der Waals surface area contributed by atoms with Crippen molar-refractivity contribution in [3.05, 3.63) is 0 Å². The Balaban J connectivity index is 1.62. The minimum Gasteiger partial charge on any atom is -0.273 e. The van der Waals surface area contributed by atoms with Crippen LogP contribution < -0.4 is 0 Å². The van der Waals surface area contributed by atoms with Gasteiger partial charge in [-0.1, -0.05) is 23.5 Å². The molecule has 2 aliphatic rings. The fraction of sp³-hybridized carbons (Fsp3) is 0.636. The van der Waals surface area contributed by atoms with Crippen molar-refractivity contribution in [2.75, 3.05) is 24.6 Å². The van der Waals surface area contributed by atoms with E-state index in [1.807, 2.05) is 0 Å². The van der Waals surface area contributed by atoms with E-state index in [1.54, 1.807) is 0 Å². The summed E-state index contributed by atoms with van der Waals surface area (Å²) in [5.41, 5.74) is 0. The third-order valence-corrected chi connectivity index (χ3v) is 4.66.